The highest BCUT2D eigenvalue weighted by molar-refractivity contribution is 6.30. The molecule has 5 nitrogen and oxygen atoms in total. The first kappa shape index (κ1) is 15.8. The van der Waals surface area contributed by atoms with Gasteiger partial charge in [0.15, 0.2) is 6.23 Å². The van der Waals surface area contributed by atoms with Crippen LogP contribution < -0.4 is 4.74 Å². The first-order chi connectivity index (χ1) is 9.88. The number of halogens is 1. The zero-order valence-corrected chi connectivity index (χ0v) is 13.2. The van der Waals surface area contributed by atoms with E-state index in [4.69, 9.17) is 16.3 Å². The summed E-state index contributed by atoms with van der Waals surface area (Å²) in [5.74, 6) is 0.578. The zero-order valence-electron chi connectivity index (χ0n) is 12.4. The quantitative estimate of drug-likeness (QED) is 0.921. The molecule has 1 N–H and O–H groups in total. The Morgan fingerprint density at radius 3 is 2.48 bits per heavy atom. The van der Waals surface area contributed by atoms with Gasteiger partial charge >= 0.3 is 0 Å². The molecule has 2 aromatic rings. The molecule has 0 amide bonds. The lowest BCUT2D eigenvalue weighted by atomic mass is 9.80. The van der Waals surface area contributed by atoms with Crippen LogP contribution in [-0.4, -0.2) is 26.5 Å². The summed E-state index contributed by atoms with van der Waals surface area (Å²) in [6.45, 7) is 6.54. The van der Waals surface area contributed by atoms with E-state index in [1.165, 1.54) is 17.3 Å². The molecule has 2 atom stereocenters. The molecule has 1 heterocycles. The third-order valence-electron chi connectivity index (χ3n) is 3.42. The molecular weight excluding hydrogens is 290 g/mol. The second-order valence-corrected chi connectivity index (χ2v) is 6.46. The van der Waals surface area contributed by atoms with Gasteiger partial charge in [-0.2, -0.15) is 5.10 Å². The molecule has 0 saturated carbocycles. The summed E-state index contributed by atoms with van der Waals surface area (Å²) in [6.07, 6.45) is 2.12. The SMILES string of the molecule is CC(C)(C)C(COc1ccc(Cl)cc1)C(O)n1cncn1. The van der Waals surface area contributed by atoms with E-state index in [-0.39, 0.29) is 11.3 Å². The fourth-order valence-electron chi connectivity index (χ4n) is 2.04. The molecule has 0 spiro atoms. The van der Waals surface area contributed by atoms with Crippen molar-refractivity contribution < 1.29 is 9.84 Å². The Hall–Kier alpha value is -1.59. The van der Waals surface area contributed by atoms with Gasteiger partial charge in [0.25, 0.3) is 0 Å². The average Bonchev–Trinajstić information content (AvgIpc) is 2.93. The lowest BCUT2D eigenvalue weighted by Gasteiger charge is -2.34. The minimum absolute atomic E-state index is 0.144. The summed E-state index contributed by atoms with van der Waals surface area (Å²) in [5, 5.41) is 15.2. The molecule has 0 saturated heterocycles. The molecule has 0 aliphatic rings. The highest BCUT2D eigenvalue weighted by Gasteiger charge is 2.33. The van der Waals surface area contributed by atoms with Crippen molar-refractivity contribution in [2.75, 3.05) is 6.61 Å². The van der Waals surface area contributed by atoms with E-state index in [1.54, 1.807) is 12.1 Å². The molecule has 1 aromatic carbocycles. The third kappa shape index (κ3) is 4.19. The number of aliphatic hydroxyl groups is 1. The van der Waals surface area contributed by atoms with Crippen LogP contribution in [0.3, 0.4) is 0 Å². The lowest BCUT2D eigenvalue weighted by molar-refractivity contribution is -0.0413. The van der Waals surface area contributed by atoms with Gasteiger partial charge in [-0.05, 0) is 29.7 Å². The molecule has 0 aliphatic carbocycles. The first-order valence-corrected chi connectivity index (χ1v) is 7.16. The second kappa shape index (κ2) is 6.45. The van der Waals surface area contributed by atoms with Gasteiger partial charge in [0.1, 0.15) is 18.4 Å². The maximum atomic E-state index is 10.5. The van der Waals surface area contributed by atoms with Crippen molar-refractivity contribution >= 4 is 11.6 Å². The van der Waals surface area contributed by atoms with E-state index >= 15 is 0 Å². The van der Waals surface area contributed by atoms with Crippen molar-refractivity contribution in [3.05, 3.63) is 41.9 Å². The Kier molecular flexibility index (Phi) is 4.85. The van der Waals surface area contributed by atoms with E-state index in [2.05, 4.69) is 30.9 Å². The van der Waals surface area contributed by atoms with Crippen LogP contribution in [-0.2, 0) is 0 Å². The van der Waals surface area contributed by atoms with Gasteiger partial charge in [-0.3, -0.25) is 0 Å². The van der Waals surface area contributed by atoms with E-state index in [9.17, 15) is 5.11 Å². The smallest absolute Gasteiger partial charge is 0.155 e. The zero-order chi connectivity index (χ0) is 15.5. The van der Waals surface area contributed by atoms with Gasteiger partial charge in [0, 0.05) is 10.9 Å². The van der Waals surface area contributed by atoms with Crippen LogP contribution in [0, 0.1) is 11.3 Å². The maximum absolute atomic E-state index is 10.5. The van der Waals surface area contributed by atoms with Crippen LogP contribution in [0.5, 0.6) is 5.75 Å². The standard InChI is InChI=1S/C15H20ClN3O2/c1-15(2,3)13(14(20)19-10-17-9-18-19)8-21-12-6-4-11(16)5-7-12/h4-7,9-10,13-14,20H,8H2,1-3H3. The lowest BCUT2D eigenvalue weighted by Crippen LogP contribution is -2.35. The van der Waals surface area contributed by atoms with Crippen LogP contribution in [0.2, 0.25) is 5.02 Å². The predicted octanol–water partition coefficient (Wildman–Crippen LogP) is 3.16. The van der Waals surface area contributed by atoms with Crippen molar-refractivity contribution in [2.24, 2.45) is 11.3 Å². The Balaban J connectivity index is 2.08. The number of nitrogens with zero attached hydrogens (tertiary/aromatic N) is 3. The second-order valence-electron chi connectivity index (χ2n) is 6.03. The Morgan fingerprint density at radius 2 is 1.95 bits per heavy atom. The molecule has 0 fully saturated rings. The van der Waals surface area contributed by atoms with Gasteiger partial charge in [-0.25, -0.2) is 9.67 Å². The minimum atomic E-state index is -0.792. The molecule has 1 aromatic heterocycles. The summed E-state index contributed by atoms with van der Waals surface area (Å²) in [5.41, 5.74) is -0.155. The number of aromatic nitrogens is 3. The number of aliphatic hydroxyl groups excluding tert-OH is 1. The number of hydrogen-bond acceptors (Lipinski definition) is 4. The van der Waals surface area contributed by atoms with Crippen molar-refractivity contribution in [2.45, 2.75) is 27.0 Å². The van der Waals surface area contributed by atoms with Crippen molar-refractivity contribution in [3.8, 4) is 5.75 Å². The number of benzene rings is 1. The molecular formula is C15H20ClN3O2. The Bertz CT molecular complexity index is 549. The molecule has 0 aliphatic heterocycles. The molecule has 2 rings (SSSR count). The number of ether oxygens (including phenoxy) is 1. The van der Waals surface area contributed by atoms with Crippen LogP contribution in [0.15, 0.2) is 36.9 Å². The first-order valence-electron chi connectivity index (χ1n) is 6.78. The minimum Gasteiger partial charge on any atom is -0.493 e. The maximum Gasteiger partial charge on any atom is 0.155 e. The summed E-state index contributed by atoms with van der Waals surface area (Å²) < 4.78 is 7.23. The van der Waals surface area contributed by atoms with Gasteiger partial charge in [0.2, 0.25) is 0 Å². The van der Waals surface area contributed by atoms with Crippen molar-refractivity contribution in [1.82, 2.24) is 14.8 Å². The highest BCUT2D eigenvalue weighted by Crippen LogP contribution is 2.34. The van der Waals surface area contributed by atoms with Crippen LogP contribution >= 0.6 is 11.6 Å². The van der Waals surface area contributed by atoms with Crippen LogP contribution in [0.1, 0.15) is 27.0 Å². The topological polar surface area (TPSA) is 60.2 Å². The molecule has 21 heavy (non-hydrogen) atoms. The highest BCUT2D eigenvalue weighted by atomic mass is 35.5. The van der Waals surface area contributed by atoms with E-state index in [0.29, 0.717) is 11.6 Å². The fourth-order valence-corrected chi connectivity index (χ4v) is 2.16. The summed E-state index contributed by atoms with van der Waals surface area (Å²) >= 11 is 5.85. The van der Waals surface area contributed by atoms with Gasteiger partial charge < -0.3 is 9.84 Å². The van der Waals surface area contributed by atoms with E-state index in [1.807, 2.05) is 12.1 Å². The van der Waals surface area contributed by atoms with Crippen molar-refractivity contribution in [1.29, 1.82) is 0 Å². The van der Waals surface area contributed by atoms with E-state index < -0.39 is 6.23 Å². The third-order valence-corrected chi connectivity index (χ3v) is 3.68. The van der Waals surface area contributed by atoms with E-state index in [0.717, 1.165) is 5.75 Å². The van der Waals surface area contributed by atoms with Crippen molar-refractivity contribution in [3.63, 3.8) is 0 Å². The van der Waals surface area contributed by atoms with Crippen LogP contribution in [0.4, 0.5) is 0 Å². The van der Waals surface area contributed by atoms with Crippen LogP contribution in [0.25, 0.3) is 0 Å². The largest absolute Gasteiger partial charge is 0.493 e. The Morgan fingerprint density at radius 1 is 1.29 bits per heavy atom. The summed E-state index contributed by atoms with van der Waals surface area (Å²) in [6, 6.07) is 7.17. The van der Waals surface area contributed by atoms with Gasteiger partial charge in [-0.15, -0.1) is 0 Å². The average molecular weight is 310 g/mol. The molecule has 114 valence electrons. The number of hydrogen-bond donors (Lipinski definition) is 1. The molecule has 0 bridgehead atoms. The fraction of sp³-hybridized carbons (Fsp3) is 0.467. The summed E-state index contributed by atoms with van der Waals surface area (Å²) in [7, 11) is 0. The molecule has 6 heteroatoms. The molecule has 2 unspecified atom stereocenters. The Labute approximate surface area is 129 Å². The predicted molar refractivity (Wildman–Crippen MR) is 81.2 cm³/mol. The van der Waals surface area contributed by atoms with Gasteiger partial charge in [0.05, 0.1) is 6.61 Å². The summed E-state index contributed by atoms with van der Waals surface area (Å²) in [4.78, 5) is 3.87. The number of rotatable bonds is 5. The van der Waals surface area contributed by atoms with Gasteiger partial charge in [-0.1, -0.05) is 32.4 Å². The monoisotopic (exact) mass is 309 g/mol. The normalized spacial score (nSPS) is 14.7. The molecule has 0 radical (unpaired) electrons.